The van der Waals surface area contributed by atoms with Gasteiger partial charge in [0.15, 0.2) is 0 Å². The molecule has 21 heavy (non-hydrogen) atoms. The second-order valence-electron chi connectivity index (χ2n) is 6.04. The lowest BCUT2D eigenvalue weighted by atomic mass is 10.1. The van der Waals surface area contributed by atoms with E-state index in [1.165, 1.54) is 45.3 Å². The Labute approximate surface area is 130 Å². The number of ether oxygens (including phenoxy) is 1. The Balaban J connectivity index is 1.78. The smallest absolute Gasteiger partial charge is 0.305 e. The predicted molar refractivity (Wildman–Crippen MR) is 87.5 cm³/mol. The van der Waals surface area contributed by atoms with Gasteiger partial charge in [0.05, 0.1) is 6.61 Å². The second kappa shape index (κ2) is 13.1. The maximum absolute atomic E-state index is 11.4. The third-order valence-corrected chi connectivity index (χ3v) is 4.08. The molecule has 0 unspecified atom stereocenters. The average Bonchev–Trinajstić information content (AvgIpc) is 2.51. The summed E-state index contributed by atoms with van der Waals surface area (Å²) >= 11 is 0. The highest BCUT2D eigenvalue weighted by Gasteiger charge is 2.08. The SMILES string of the molecule is CCCCOC(=O)CCCCCCCCN1CCNCC1. The van der Waals surface area contributed by atoms with Gasteiger partial charge in [0, 0.05) is 32.6 Å². The fraction of sp³-hybridized carbons (Fsp3) is 0.941. The maximum atomic E-state index is 11.4. The molecular weight excluding hydrogens is 264 g/mol. The Hall–Kier alpha value is -0.610. The Bertz CT molecular complexity index is 253. The lowest BCUT2D eigenvalue weighted by molar-refractivity contribution is -0.143. The molecule has 0 bridgehead atoms. The van der Waals surface area contributed by atoms with Gasteiger partial charge in [-0.15, -0.1) is 0 Å². The summed E-state index contributed by atoms with van der Waals surface area (Å²) in [6, 6.07) is 0. The number of piperazine rings is 1. The highest BCUT2D eigenvalue weighted by atomic mass is 16.5. The molecule has 0 atom stereocenters. The highest BCUT2D eigenvalue weighted by Crippen LogP contribution is 2.09. The molecule has 1 heterocycles. The molecule has 0 amide bonds. The first-order valence-corrected chi connectivity index (χ1v) is 8.91. The molecule has 0 radical (unpaired) electrons. The second-order valence-corrected chi connectivity index (χ2v) is 6.04. The summed E-state index contributed by atoms with van der Waals surface area (Å²) in [5.41, 5.74) is 0. The van der Waals surface area contributed by atoms with Crippen LogP contribution in [0.15, 0.2) is 0 Å². The minimum absolute atomic E-state index is 0.0119. The largest absolute Gasteiger partial charge is 0.466 e. The number of nitrogens with zero attached hydrogens (tertiary/aromatic N) is 1. The third kappa shape index (κ3) is 10.7. The van der Waals surface area contributed by atoms with Gasteiger partial charge in [-0.1, -0.05) is 39.0 Å². The molecule has 1 fully saturated rings. The molecule has 0 aromatic heterocycles. The van der Waals surface area contributed by atoms with E-state index in [-0.39, 0.29) is 5.97 Å². The van der Waals surface area contributed by atoms with Crippen LogP contribution in [-0.2, 0) is 9.53 Å². The number of nitrogens with one attached hydrogen (secondary N) is 1. The van der Waals surface area contributed by atoms with Crippen molar-refractivity contribution in [2.45, 2.75) is 64.7 Å². The monoisotopic (exact) mass is 298 g/mol. The van der Waals surface area contributed by atoms with E-state index >= 15 is 0 Å². The van der Waals surface area contributed by atoms with E-state index in [9.17, 15) is 4.79 Å². The zero-order valence-electron chi connectivity index (χ0n) is 13.9. The molecule has 1 N–H and O–H groups in total. The van der Waals surface area contributed by atoms with Crippen molar-refractivity contribution in [1.82, 2.24) is 10.2 Å². The Kier molecular flexibility index (Phi) is 11.5. The zero-order valence-corrected chi connectivity index (χ0v) is 13.9. The van der Waals surface area contributed by atoms with Crippen LogP contribution in [0.3, 0.4) is 0 Å². The van der Waals surface area contributed by atoms with Crippen molar-refractivity contribution < 1.29 is 9.53 Å². The van der Waals surface area contributed by atoms with Crippen molar-refractivity contribution in [3.63, 3.8) is 0 Å². The van der Waals surface area contributed by atoms with Crippen molar-refractivity contribution >= 4 is 5.97 Å². The minimum Gasteiger partial charge on any atom is -0.466 e. The van der Waals surface area contributed by atoms with Crippen molar-refractivity contribution in [2.75, 3.05) is 39.3 Å². The summed E-state index contributed by atoms with van der Waals surface area (Å²) in [7, 11) is 0. The number of carbonyl (C=O) groups is 1. The van der Waals surface area contributed by atoms with Crippen LogP contribution in [0.5, 0.6) is 0 Å². The van der Waals surface area contributed by atoms with Crippen LogP contribution >= 0.6 is 0 Å². The Morgan fingerprint density at radius 1 is 1.00 bits per heavy atom. The van der Waals surface area contributed by atoms with Gasteiger partial charge in [0.2, 0.25) is 0 Å². The lowest BCUT2D eigenvalue weighted by Crippen LogP contribution is -2.43. The van der Waals surface area contributed by atoms with Gasteiger partial charge in [-0.2, -0.15) is 0 Å². The fourth-order valence-corrected chi connectivity index (χ4v) is 2.65. The molecule has 0 aliphatic carbocycles. The van der Waals surface area contributed by atoms with E-state index < -0.39 is 0 Å². The van der Waals surface area contributed by atoms with Gasteiger partial charge in [-0.05, 0) is 25.8 Å². The summed E-state index contributed by atoms with van der Waals surface area (Å²) in [4.78, 5) is 14.0. The van der Waals surface area contributed by atoms with Crippen molar-refractivity contribution in [3.05, 3.63) is 0 Å². The topological polar surface area (TPSA) is 41.6 Å². The van der Waals surface area contributed by atoms with E-state index in [4.69, 9.17) is 4.74 Å². The summed E-state index contributed by atoms with van der Waals surface area (Å²) in [6.07, 6.45) is 10.0. The van der Waals surface area contributed by atoms with E-state index in [1.807, 2.05) is 0 Å². The van der Waals surface area contributed by atoms with Crippen LogP contribution in [0.1, 0.15) is 64.7 Å². The van der Waals surface area contributed by atoms with Crippen molar-refractivity contribution in [3.8, 4) is 0 Å². The number of carbonyl (C=O) groups excluding carboxylic acids is 1. The van der Waals surface area contributed by atoms with Crippen molar-refractivity contribution in [2.24, 2.45) is 0 Å². The molecule has 0 saturated carbocycles. The number of hydrogen-bond donors (Lipinski definition) is 1. The minimum atomic E-state index is -0.0119. The van der Waals surface area contributed by atoms with Gasteiger partial charge < -0.3 is 15.0 Å². The number of unbranched alkanes of at least 4 members (excludes halogenated alkanes) is 6. The van der Waals surface area contributed by atoms with Crippen molar-refractivity contribution in [1.29, 1.82) is 0 Å². The molecule has 4 nitrogen and oxygen atoms in total. The molecule has 1 rings (SSSR count). The van der Waals surface area contributed by atoms with E-state index in [1.54, 1.807) is 0 Å². The molecule has 1 saturated heterocycles. The average molecular weight is 298 g/mol. The van der Waals surface area contributed by atoms with Crippen LogP contribution in [0.2, 0.25) is 0 Å². The molecule has 1 aliphatic rings. The maximum Gasteiger partial charge on any atom is 0.305 e. The van der Waals surface area contributed by atoms with E-state index in [0.29, 0.717) is 13.0 Å². The van der Waals surface area contributed by atoms with Crippen LogP contribution < -0.4 is 5.32 Å². The number of hydrogen-bond acceptors (Lipinski definition) is 4. The first kappa shape index (κ1) is 18.4. The molecule has 0 aromatic rings. The zero-order chi connectivity index (χ0) is 15.2. The van der Waals surface area contributed by atoms with Gasteiger partial charge in [0.1, 0.15) is 0 Å². The standard InChI is InChI=1S/C17H34N2O2/c1-2-3-16-21-17(20)10-8-6-4-5-7-9-13-19-14-11-18-12-15-19/h18H,2-16H2,1H3. The normalized spacial score (nSPS) is 16.0. The van der Waals surface area contributed by atoms with Crippen LogP contribution in [0.25, 0.3) is 0 Å². The molecular formula is C17H34N2O2. The van der Waals surface area contributed by atoms with Crippen LogP contribution in [0.4, 0.5) is 0 Å². The van der Waals surface area contributed by atoms with E-state index in [0.717, 1.165) is 38.8 Å². The first-order valence-electron chi connectivity index (χ1n) is 8.91. The Morgan fingerprint density at radius 2 is 1.67 bits per heavy atom. The molecule has 0 aromatic carbocycles. The summed E-state index contributed by atoms with van der Waals surface area (Å²) in [6.45, 7) is 8.67. The lowest BCUT2D eigenvalue weighted by Gasteiger charge is -2.27. The van der Waals surface area contributed by atoms with Gasteiger partial charge in [-0.3, -0.25) is 4.79 Å². The number of rotatable bonds is 12. The highest BCUT2D eigenvalue weighted by molar-refractivity contribution is 5.69. The molecule has 0 spiro atoms. The molecule has 124 valence electrons. The molecule has 4 heteroatoms. The summed E-state index contributed by atoms with van der Waals surface area (Å²) in [5.74, 6) is -0.0119. The summed E-state index contributed by atoms with van der Waals surface area (Å²) in [5, 5.41) is 3.39. The summed E-state index contributed by atoms with van der Waals surface area (Å²) < 4.78 is 5.15. The third-order valence-electron chi connectivity index (χ3n) is 4.08. The number of esters is 1. The van der Waals surface area contributed by atoms with E-state index in [2.05, 4.69) is 17.1 Å². The quantitative estimate of drug-likeness (QED) is 0.444. The first-order chi connectivity index (χ1) is 10.3. The van der Waals surface area contributed by atoms with Crippen LogP contribution in [-0.4, -0.2) is 50.2 Å². The van der Waals surface area contributed by atoms with Gasteiger partial charge in [-0.25, -0.2) is 0 Å². The van der Waals surface area contributed by atoms with Gasteiger partial charge in [0.25, 0.3) is 0 Å². The van der Waals surface area contributed by atoms with Gasteiger partial charge >= 0.3 is 5.97 Å². The Morgan fingerprint density at radius 3 is 2.38 bits per heavy atom. The predicted octanol–water partition coefficient (Wildman–Crippen LogP) is 2.97. The molecule has 1 aliphatic heterocycles. The van der Waals surface area contributed by atoms with Crippen LogP contribution in [0, 0.1) is 0 Å². The fourth-order valence-electron chi connectivity index (χ4n) is 2.65.